The molecular formula is C16H17NO2S. The molecule has 0 unspecified atom stereocenters. The number of aromatic nitrogens is 1. The molecule has 3 heterocycles. The van der Waals surface area contributed by atoms with Crippen LogP contribution in [0.2, 0.25) is 0 Å². The second-order valence-electron chi connectivity index (χ2n) is 5.64. The summed E-state index contributed by atoms with van der Waals surface area (Å²) in [6, 6.07) is 5.90. The van der Waals surface area contributed by atoms with Crippen LogP contribution in [0.5, 0.6) is 5.75 Å². The summed E-state index contributed by atoms with van der Waals surface area (Å²) in [5.74, 6) is 2.06. The minimum absolute atomic E-state index is 0.000108. The first-order valence-corrected chi connectivity index (χ1v) is 8.86. The van der Waals surface area contributed by atoms with Crippen LogP contribution in [0.3, 0.4) is 0 Å². The lowest BCUT2D eigenvalue weighted by atomic mass is 10.0. The fourth-order valence-electron chi connectivity index (χ4n) is 3.49. The molecule has 1 aromatic carbocycles. The van der Waals surface area contributed by atoms with Gasteiger partial charge in [0.05, 0.1) is 5.52 Å². The summed E-state index contributed by atoms with van der Waals surface area (Å²) in [6.07, 6.45) is 4.28. The van der Waals surface area contributed by atoms with Crippen molar-refractivity contribution in [2.24, 2.45) is 0 Å². The maximum atomic E-state index is 12.8. The molecular weight excluding hydrogens is 270 g/mol. The summed E-state index contributed by atoms with van der Waals surface area (Å²) in [7, 11) is -0.110. The van der Waals surface area contributed by atoms with Crippen LogP contribution in [0, 0.1) is 0 Å². The Morgan fingerprint density at radius 2 is 1.95 bits per heavy atom. The van der Waals surface area contributed by atoms with Crippen LogP contribution in [0.4, 0.5) is 0 Å². The molecule has 2 aliphatic heterocycles. The van der Waals surface area contributed by atoms with Crippen LogP contribution in [0.1, 0.15) is 24.8 Å². The number of pyridine rings is 1. The van der Waals surface area contributed by atoms with Crippen molar-refractivity contribution in [3.05, 3.63) is 34.1 Å². The molecule has 104 valence electrons. The second kappa shape index (κ2) is 4.55. The lowest BCUT2D eigenvalue weighted by molar-refractivity contribution is -0.270. The molecule has 3 nitrogen and oxygen atoms in total. The molecule has 1 saturated heterocycles. The third-order valence-electron chi connectivity index (χ3n) is 4.43. The summed E-state index contributed by atoms with van der Waals surface area (Å²) in [5.41, 5.74) is 2.06. The largest absolute Gasteiger partial charge is 0.868 e. The Morgan fingerprint density at radius 3 is 2.75 bits per heavy atom. The number of aryl methyl sites for hydroxylation is 2. The first-order valence-electron chi connectivity index (χ1n) is 7.30. The van der Waals surface area contributed by atoms with Gasteiger partial charge < -0.3 is 9.67 Å². The van der Waals surface area contributed by atoms with Gasteiger partial charge in [0.15, 0.2) is 0 Å². The summed E-state index contributed by atoms with van der Waals surface area (Å²) < 4.78 is 1.87. The van der Waals surface area contributed by atoms with Gasteiger partial charge in [0, 0.05) is 17.4 Å². The molecule has 4 heteroatoms. The van der Waals surface area contributed by atoms with E-state index in [1.807, 2.05) is 16.7 Å². The van der Waals surface area contributed by atoms with Crippen molar-refractivity contribution in [2.45, 2.75) is 37.1 Å². The van der Waals surface area contributed by atoms with Crippen molar-refractivity contribution in [1.82, 2.24) is 4.57 Å². The Morgan fingerprint density at radius 1 is 1.15 bits per heavy atom. The fourth-order valence-corrected chi connectivity index (χ4v) is 5.94. The van der Waals surface area contributed by atoms with E-state index in [2.05, 4.69) is 6.07 Å². The van der Waals surface area contributed by atoms with Crippen LogP contribution < -0.4 is 10.7 Å². The van der Waals surface area contributed by atoms with E-state index >= 15 is 0 Å². The lowest BCUT2D eigenvalue weighted by Crippen LogP contribution is -2.31. The molecule has 2 aromatic rings. The quantitative estimate of drug-likeness (QED) is 0.751. The van der Waals surface area contributed by atoms with Crippen molar-refractivity contribution < 1.29 is 5.11 Å². The Balaban J connectivity index is 2.09. The van der Waals surface area contributed by atoms with Crippen LogP contribution in [-0.4, -0.2) is 16.1 Å². The van der Waals surface area contributed by atoms with Gasteiger partial charge in [0.2, 0.25) is 4.90 Å². The van der Waals surface area contributed by atoms with E-state index < -0.39 is 0 Å². The highest BCUT2D eigenvalue weighted by molar-refractivity contribution is 7.97. The summed E-state index contributed by atoms with van der Waals surface area (Å²) in [4.78, 5) is 13.4. The van der Waals surface area contributed by atoms with Crippen molar-refractivity contribution in [2.75, 3.05) is 11.5 Å². The topological polar surface area (TPSA) is 45.1 Å². The van der Waals surface area contributed by atoms with E-state index in [1.165, 1.54) is 0 Å². The van der Waals surface area contributed by atoms with Crippen LogP contribution in [-0.2, 0) is 23.9 Å². The number of benzene rings is 1. The fraction of sp³-hybridized carbons (Fsp3) is 0.438. The van der Waals surface area contributed by atoms with Crippen LogP contribution in [0.15, 0.2) is 27.9 Å². The van der Waals surface area contributed by atoms with Gasteiger partial charge in [-0.05, 0) is 42.4 Å². The predicted octanol–water partition coefficient (Wildman–Crippen LogP) is 1.79. The highest BCUT2D eigenvalue weighted by Crippen LogP contribution is 2.34. The first kappa shape index (κ1) is 12.3. The monoisotopic (exact) mass is 287 g/mol. The molecule has 0 saturated carbocycles. The van der Waals surface area contributed by atoms with Gasteiger partial charge in [-0.2, -0.15) is 0 Å². The molecule has 1 fully saturated rings. The minimum Gasteiger partial charge on any atom is -0.868 e. The number of hydrogen-bond acceptors (Lipinski definition) is 2. The normalized spacial score (nSPS) is 18.8. The SMILES string of the molecule is O=c1c([S+]2CCCC2)c([O-])c2cccc3c2n1CCC3. The van der Waals surface area contributed by atoms with Crippen molar-refractivity contribution in [3.63, 3.8) is 0 Å². The zero-order chi connectivity index (χ0) is 13.7. The Bertz CT molecular complexity index is 744. The van der Waals surface area contributed by atoms with Crippen molar-refractivity contribution in [1.29, 1.82) is 0 Å². The minimum atomic E-state index is -0.110. The zero-order valence-corrected chi connectivity index (χ0v) is 12.2. The van der Waals surface area contributed by atoms with Gasteiger partial charge in [-0.3, -0.25) is 4.79 Å². The summed E-state index contributed by atoms with van der Waals surface area (Å²) >= 11 is 0. The highest BCUT2D eigenvalue weighted by atomic mass is 32.2. The third-order valence-corrected chi connectivity index (χ3v) is 6.93. The Kier molecular flexibility index (Phi) is 2.81. The van der Waals surface area contributed by atoms with Gasteiger partial charge in [0.1, 0.15) is 11.5 Å². The van der Waals surface area contributed by atoms with E-state index in [9.17, 15) is 9.90 Å². The molecule has 4 rings (SSSR count). The molecule has 0 atom stereocenters. The van der Waals surface area contributed by atoms with Gasteiger partial charge in [-0.25, -0.2) is 0 Å². The van der Waals surface area contributed by atoms with Crippen molar-refractivity contribution >= 4 is 21.8 Å². The zero-order valence-electron chi connectivity index (χ0n) is 11.4. The third kappa shape index (κ3) is 1.64. The Labute approximate surface area is 120 Å². The number of nitrogens with zero attached hydrogens (tertiary/aromatic N) is 1. The maximum absolute atomic E-state index is 12.8. The standard InChI is InChI=1S/C16H17NO2S/c18-14-12-7-3-5-11-6-4-8-17(13(11)12)16(19)15(14)20-9-1-2-10-20/h3,5,7H,1-2,4,6,8-10H2. The average Bonchev–Trinajstić information content (AvgIpc) is 2.99. The van der Waals surface area contributed by atoms with E-state index in [4.69, 9.17) is 0 Å². The molecule has 0 amide bonds. The second-order valence-corrected chi connectivity index (χ2v) is 7.85. The lowest BCUT2D eigenvalue weighted by Gasteiger charge is -2.24. The molecule has 0 spiro atoms. The molecule has 0 bridgehead atoms. The van der Waals surface area contributed by atoms with Gasteiger partial charge in [-0.15, -0.1) is 0 Å². The van der Waals surface area contributed by atoms with Gasteiger partial charge in [0.25, 0.3) is 0 Å². The number of rotatable bonds is 1. The summed E-state index contributed by atoms with van der Waals surface area (Å²) in [5, 5.41) is 13.5. The van der Waals surface area contributed by atoms with E-state index in [1.54, 1.807) is 0 Å². The highest BCUT2D eigenvalue weighted by Gasteiger charge is 2.32. The molecule has 0 radical (unpaired) electrons. The smallest absolute Gasteiger partial charge is 0.305 e. The van der Waals surface area contributed by atoms with Gasteiger partial charge >= 0.3 is 5.56 Å². The van der Waals surface area contributed by atoms with Crippen molar-refractivity contribution in [3.8, 4) is 5.75 Å². The first-order chi connectivity index (χ1) is 9.77. The maximum Gasteiger partial charge on any atom is 0.305 e. The van der Waals surface area contributed by atoms with Crippen LogP contribution >= 0.6 is 0 Å². The van der Waals surface area contributed by atoms with Gasteiger partial charge in [-0.1, -0.05) is 18.2 Å². The summed E-state index contributed by atoms with van der Waals surface area (Å²) in [6.45, 7) is 0.761. The van der Waals surface area contributed by atoms with E-state index in [-0.39, 0.29) is 22.2 Å². The molecule has 0 aliphatic carbocycles. The van der Waals surface area contributed by atoms with E-state index in [0.717, 1.165) is 60.2 Å². The predicted molar refractivity (Wildman–Crippen MR) is 80.6 cm³/mol. The Hall–Kier alpha value is -1.42. The molecule has 2 aliphatic rings. The number of hydrogen-bond donors (Lipinski definition) is 0. The van der Waals surface area contributed by atoms with Crippen LogP contribution in [0.25, 0.3) is 10.9 Å². The number of para-hydroxylation sites is 1. The molecule has 0 N–H and O–H groups in total. The molecule has 1 aromatic heterocycles. The van der Waals surface area contributed by atoms with E-state index in [0.29, 0.717) is 4.90 Å². The molecule has 20 heavy (non-hydrogen) atoms. The average molecular weight is 287 g/mol.